The van der Waals surface area contributed by atoms with Crippen LogP contribution < -0.4 is 15.9 Å². The molecular formula is C23H23N5O2S. The standard InChI is InChI=1S/C23H23N5O2S/c1-15-10-16(2)12-18(11-15)30-13-21-26-27-23(28(21)24)31-14-22(29)25-20-9-5-7-17-6-3-4-8-19(17)20/h3-12H,13-14,24H2,1-2H3,(H,25,29). The van der Waals surface area contributed by atoms with Gasteiger partial charge in [-0.3, -0.25) is 4.79 Å². The Bertz CT molecular complexity index is 1210. The second-order valence-electron chi connectivity index (χ2n) is 7.24. The first-order valence-electron chi connectivity index (χ1n) is 9.80. The summed E-state index contributed by atoms with van der Waals surface area (Å²) in [6.45, 7) is 4.22. The third kappa shape index (κ3) is 4.97. The number of hydrogen-bond donors (Lipinski definition) is 2. The number of anilines is 1. The van der Waals surface area contributed by atoms with Gasteiger partial charge in [0.15, 0.2) is 5.82 Å². The molecule has 0 fully saturated rings. The van der Waals surface area contributed by atoms with Gasteiger partial charge >= 0.3 is 0 Å². The third-order valence-corrected chi connectivity index (χ3v) is 5.64. The third-order valence-electron chi connectivity index (χ3n) is 4.69. The SMILES string of the molecule is Cc1cc(C)cc(OCc2nnc(SCC(=O)Nc3cccc4ccccc34)n2N)c1. The quantitative estimate of drug-likeness (QED) is 0.337. The lowest BCUT2D eigenvalue weighted by Gasteiger charge is -2.09. The molecule has 0 aliphatic carbocycles. The number of amides is 1. The monoisotopic (exact) mass is 433 g/mol. The smallest absolute Gasteiger partial charge is 0.234 e. The summed E-state index contributed by atoms with van der Waals surface area (Å²) < 4.78 is 7.16. The Balaban J connectivity index is 1.35. The normalized spacial score (nSPS) is 10.9. The van der Waals surface area contributed by atoms with E-state index in [1.165, 1.54) is 16.4 Å². The number of nitrogens with zero attached hydrogens (tertiary/aromatic N) is 3. The molecule has 0 aliphatic rings. The number of carbonyl (C=O) groups excluding carboxylic acids is 1. The van der Waals surface area contributed by atoms with Crippen LogP contribution in [-0.4, -0.2) is 26.5 Å². The number of nitrogens with one attached hydrogen (secondary N) is 1. The fraction of sp³-hybridized carbons (Fsp3) is 0.174. The lowest BCUT2D eigenvalue weighted by molar-refractivity contribution is -0.113. The number of benzene rings is 3. The Morgan fingerprint density at radius 2 is 1.81 bits per heavy atom. The van der Waals surface area contributed by atoms with Gasteiger partial charge in [-0.1, -0.05) is 54.2 Å². The molecule has 1 aromatic heterocycles. The number of nitrogens with two attached hydrogens (primary N) is 1. The van der Waals surface area contributed by atoms with Gasteiger partial charge in [-0.25, -0.2) is 4.68 Å². The average molecular weight is 434 g/mol. The number of aromatic nitrogens is 3. The zero-order chi connectivity index (χ0) is 21.8. The number of hydrogen-bond acceptors (Lipinski definition) is 6. The number of thioether (sulfide) groups is 1. The lowest BCUT2D eigenvalue weighted by atomic mass is 10.1. The minimum atomic E-state index is -0.141. The van der Waals surface area contributed by atoms with Crippen molar-refractivity contribution in [2.24, 2.45) is 0 Å². The highest BCUT2D eigenvalue weighted by Gasteiger charge is 2.14. The minimum absolute atomic E-state index is 0.141. The predicted octanol–water partition coefficient (Wildman–Crippen LogP) is 4.07. The Morgan fingerprint density at radius 1 is 1.06 bits per heavy atom. The first-order chi connectivity index (χ1) is 15.0. The zero-order valence-electron chi connectivity index (χ0n) is 17.3. The molecule has 0 aliphatic heterocycles. The van der Waals surface area contributed by atoms with Crippen molar-refractivity contribution in [1.29, 1.82) is 0 Å². The molecule has 0 radical (unpaired) electrons. The number of nitrogen functional groups attached to an aromatic ring is 1. The van der Waals surface area contributed by atoms with E-state index in [2.05, 4.69) is 21.6 Å². The number of ether oxygens (including phenoxy) is 1. The maximum atomic E-state index is 12.5. The molecule has 31 heavy (non-hydrogen) atoms. The second-order valence-corrected chi connectivity index (χ2v) is 8.19. The summed E-state index contributed by atoms with van der Waals surface area (Å²) in [6, 6.07) is 19.7. The molecule has 8 heteroatoms. The first-order valence-corrected chi connectivity index (χ1v) is 10.8. The molecule has 1 amide bonds. The van der Waals surface area contributed by atoms with E-state index in [1.54, 1.807) is 0 Å². The van der Waals surface area contributed by atoms with E-state index >= 15 is 0 Å². The molecule has 0 atom stereocenters. The summed E-state index contributed by atoms with van der Waals surface area (Å²) in [7, 11) is 0. The van der Waals surface area contributed by atoms with Crippen LogP contribution >= 0.6 is 11.8 Å². The first kappa shape index (κ1) is 20.7. The van der Waals surface area contributed by atoms with Crippen LogP contribution in [0.2, 0.25) is 0 Å². The van der Waals surface area contributed by atoms with E-state index < -0.39 is 0 Å². The molecule has 1 heterocycles. The molecule has 0 unspecified atom stereocenters. The van der Waals surface area contributed by atoms with E-state index in [9.17, 15) is 4.79 Å². The Morgan fingerprint density at radius 3 is 2.61 bits per heavy atom. The van der Waals surface area contributed by atoms with Gasteiger partial charge in [-0.05, 0) is 48.6 Å². The fourth-order valence-corrected chi connectivity index (χ4v) is 3.99. The molecule has 7 nitrogen and oxygen atoms in total. The van der Waals surface area contributed by atoms with Crippen LogP contribution in [-0.2, 0) is 11.4 Å². The van der Waals surface area contributed by atoms with Crippen molar-refractivity contribution in [3.63, 3.8) is 0 Å². The zero-order valence-corrected chi connectivity index (χ0v) is 18.1. The van der Waals surface area contributed by atoms with Crippen LogP contribution in [0.4, 0.5) is 5.69 Å². The van der Waals surface area contributed by atoms with Gasteiger partial charge in [0.05, 0.1) is 5.75 Å². The summed E-state index contributed by atoms with van der Waals surface area (Å²) in [5, 5.41) is 13.6. The van der Waals surface area contributed by atoms with Gasteiger partial charge in [0.2, 0.25) is 11.1 Å². The van der Waals surface area contributed by atoms with E-state index in [1.807, 2.05) is 68.4 Å². The molecule has 3 aromatic carbocycles. The predicted molar refractivity (Wildman–Crippen MR) is 124 cm³/mol. The van der Waals surface area contributed by atoms with Crippen LogP contribution in [0.5, 0.6) is 5.75 Å². The van der Waals surface area contributed by atoms with Crippen molar-refractivity contribution < 1.29 is 9.53 Å². The van der Waals surface area contributed by atoms with Gasteiger partial charge < -0.3 is 15.9 Å². The van der Waals surface area contributed by atoms with E-state index in [4.69, 9.17) is 10.6 Å². The van der Waals surface area contributed by atoms with Crippen LogP contribution in [0, 0.1) is 13.8 Å². The van der Waals surface area contributed by atoms with Crippen molar-refractivity contribution in [3.8, 4) is 5.75 Å². The van der Waals surface area contributed by atoms with Gasteiger partial charge in [0.25, 0.3) is 0 Å². The topological polar surface area (TPSA) is 95.1 Å². The Labute approximate surface area is 184 Å². The Hall–Kier alpha value is -3.52. The van der Waals surface area contributed by atoms with Crippen LogP contribution in [0.1, 0.15) is 17.0 Å². The largest absolute Gasteiger partial charge is 0.486 e. The van der Waals surface area contributed by atoms with Crippen molar-refractivity contribution in [3.05, 3.63) is 77.6 Å². The summed E-state index contributed by atoms with van der Waals surface area (Å²) in [6.07, 6.45) is 0. The molecule has 4 rings (SSSR count). The van der Waals surface area contributed by atoms with Crippen LogP contribution in [0.3, 0.4) is 0 Å². The average Bonchev–Trinajstić information content (AvgIpc) is 3.10. The maximum absolute atomic E-state index is 12.5. The number of aryl methyl sites for hydroxylation is 2. The van der Waals surface area contributed by atoms with Crippen molar-refractivity contribution in [2.45, 2.75) is 25.6 Å². The van der Waals surface area contributed by atoms with Gasteiger partial charge in [-0.15, -0.1) is 10.2 Å². The van der Waals surface area contributed by atoms with Crippen molar-refractivity contribution in [2.75, 3.05) is 16.9 Å². The molecule has 0 saturated carbocycles. The highest BCUT2D eigenvalue weighted by atomic mass is 32.2. The van der Waals surface area contributed by atoms with Gasteiger partial charge in [-0.2, -0.15) is 0 Å². The summed E-state index contributed by atoms with van der Waals surface area (Å²) in [5.74, 6) is 7.36. The van der Waals surface area contributed by atoms with Crippen LogP contribution in [0.15, 0.2) is 65.8 Å². The summed E-state index contributed by atoms with van der Waals surface area (Å²) in [4.78, 5) is 12.5. The molecule has 0 spiro atoms. The lowest BCUT2D eigenvalue weighted by Crippen LogP contribution is -2.18. The van der Waals surface area contributed by atoms with E-state index in [-0.39, 0.29) is 18.3 Å². The Kier molecular flexibility index (Phi) is 6.08. The summed E-state index contributed by atoms with van der Waals surface area (Å²) >= 11 is 1.22. The molecule has 0 bridgehead atoms. The number of fused-ring (bicyclic) bond motifs is 1. The molecule has 4 aromatic rings. The van der Waals surface area contributed by atoms with Gasteiger partial charge in [0, 0.05) is 11.1 Å². The molecule has 158 valence electrons. The van der Waals surface area contributed by atoms with E-state index in [0.29, 0.717) is 11.0 Å². The maximum Gasteiger partial charge on any atom is 0.234 e. The highest BCUT2D eigenvalue weighted by Crippen LogP contribution is 2.24. The number of rotatable bonds is 7. The highest BCUT2D eigenvalue weighted by molar-refractivity contribution is 7.99. The molecule has 3 N–H and O–H groups in total. The molecular weight excluding hydrogens is 410 g/mol. The number of carbonyl (C=O) groups is 1. The van der Waals surface area contributed by atoms with Crippen molar-refractivity contribution in [1.82, 2.24) is 14.9 Å². The van der Waals surface area contributed by atoms with Crippen molar-refractivity contribution >= 4 is 34.1 Å². The molecule has 0 saturated heterocycles. The second kappa shape index (κ2) is 9.09. The summed E-state index contributed by atoms with van der Waals surface area (Å²) in [5.41, 5.74) is 3.02. The van der Waals surface area contributed by atoms with Gasteiger partial charge in [0.1, 0.15) is 12.4 Å². The minimum Gasteiger partial charge on any atom is -0.486 e. The fourth-order valence-electron chi connectivity index (χ4n) is 3.32. The van der Waals surface area contributed by atoms with E-state index in [0.717, 1.165) is 33.3 Å². The van der Waals surface area contributed by atoms with Crippen LogP contribution in [0.25, 0.3) is 10.8 Å².